The number of unbranched alkanes of at least 4 members (excludes halogenated alkanes) is 1. The summed E-state index contributed by atoms with van der Waals surface area (Å²) in [5.41, 5.74) is 0. The van der Waals surface area contributed by atoms with Crippen LogP contribution in [0.5, 0.6) is 0 Å². The summed E-state index contributed by atoms with van der Waals surface area (Å²) >= 11 is 0. The minimum absolute atomic E-state index is 0.0127. The molecule has 6 heteroatoms. The van der Waals surface area contributed by atoms with Gasteiger partial charge in [0.2, 0.25) is 0 Å². The maximum absolute atomic E-state index is 8.75. The lowest BCUT2D eigenvalue weighted by atomic mass is 10.2. The van der Waals surface area contributed by atoms with Gasteiger partial charge in [0.05, 0.1) is 18.8 Å². The molecule has 0 aromatic heterocycles. The molecule has 1 atom stereocenters. The van der Waals surface area contributed by atoms with Gasteiger partial charge in [-0.25, -0.2) is 0 Å². The lowest BCUT2D eigenvalue weighted by molar-refractivity contribution is 0.0848. The van der Waals surface area contributed by atoms with Crippen LogP contribution in [0.1, 0.15) is 32.1 Å². The van der Waals surface area contributed by atoms with Crippen molar-refractivity contribution in [3.05, 3.63) is 0 Å². The molecule has 6 nitrogen and oxygen atoms in total. The molecule has 0 aliphatic heterocycles. The molecule has 0 spiro atoms. The highest BCUT2D eigenvalue weighted by molar-refractivity contribution is 4.52. The number of hydrogen-bond donors (Lipinski definition) is 6. The fourth-order valence-corrected chi connectivity index (χ4v) is 1.03. The van der Waals surface area contributed by atoms with E-state index < -0.39 is 12.2 Å². The summed E-state index contributed by atoms with van der Waals surface area (Å²) in [4.78, 5) is 0. The maximum atomic E-state index is 8.75. The molecule has 0 bridgehead atoms. The predicted octanol–water partition coefficient (Wildman–Crippen LogP) is -1.39. The van der Waals surface area contributed by atoms with Crippen molar-refractivity contribution in [3.8, 4) is 0 Å². The summed E-state index contributed by atoms with van der Waals surface area (Å²) in [6.07, 6.45) is 1.65. The van der Waals surface area contributed by atoms with Crippen LogP contribution in [0, 0.1) is 0 Å². The Hall–Kier alpha value is -0.240. The number of aliphatic hydroxyl groups is 6. The van der Waals surface area contributed by atoms with Gasteiger partial charge in [0, 0.05) is 19.8 Å². The van der Waals surface area contributed by atoms with E-state index in [2.05, 4.69) is 0 Å². The third-order valence-corrected chi connectivity index (χ3v) is 2.08. The van der Waals surface area contributed by atoms with Crippen LogP contribution in [0.4, 0.5) is 0 Å². The van der Waals surface area contributed by atoms with Crippen molar-refractivity contribution in [3.63, 3.8) is 0 Å². The third-order valence-electron chi connectivity index (χ3n) is 2.08. The SMILES string of the molecule is OCCC(O)CCO.OCCCCC(O)CO. The Kier molecular flexibility index (Phi) is 17.7. The van der Waals surface area contributed by atoms with Gasteiger partial charge in [0.25, 0.3) is 0 Å². The smallest absolute Gasteiger partial charge is 0.0771 e. The van der Waals surface area contributed by atoms with Gasteiger partial charge >= 0.3 is 0 Å². The Morgan fingerprint density at radius 3 is 1.47 bits per heavy atom. The van der Waals surface area contributed by atoms with Crippen LogP contribution in [0.25, 0.3) is 0 Å². The second kappa shape index (κ2) is 15.8. The van der Waals surface area contributed by atoms with Crippen LogP contribution < -0.4 is 0 Å². The molecule has 106 valence electrons. The Balaban J connectivity index is 0. The van der Waals surface area contributed by atoms with E-state index in [1.54, 1.807) is 0 Å². The molecule has 0 amide bonds. The first-order valence-corrected chi connectivity index (χ1v) is 5.91. The fraction of sp³-hybridized carbons (Fsp3) is 1.00. The van der Waals surface area contributed by atoms with Gasteiger partial charge in [-0.1, -0.05) is 0 Å². The van der Waals surface area contributed by atoms with Gasteiger partial charge in [-0.2, -0.15) is 0 Å². The molecule has 0 rings (SSSR count). The highest BCUT2D eigenvalue weighted by Crippen LogP contribution is 1.98. The van der Waals surface area contributed by atoms with Gasteiger partial charge in [0.1, 0.15) is 0 Å². The first kappa shape index (κ1) is 19.1. The summed E-state index contributed by atoms with van der Waals surface area (Å²) in [6.45, 7) is -0.0358. The lowest BCUT2D eigenvalue weighted by Crippen LogP contribution is -2.11. The molecule has 0 radical (unpaired) electrons. The van der Waals surface area contributed by atoms with Crippen LogP contribution in [0.15, 0.2) is 0 Å². The fourth-order valence-electron chi connectivity index (χ4n) is 1.03. The number of aliphatic hydroxyl groups excluding tert-OH is 6. The quantitative estimate of drug-likeness (QED) is 0.282. The average Bonchev–Trinajstić information content (AvgIpc) is 2.30. The molecule has 0 saturated carbocycles. The van der Waals surface area contributed by atoms with Crippen LogP contribution in [-0.2, 0) is 0 Å². The molecular weight excluding hydrogens is 228 g/mol. The highest BCUT2D eigenvalue weighted by Gasteiger charge is 1.99. The molecule has 0 aliphatic carbocycles. The summed E-state index contributed by atoms with van der Waals surface area (Å²) in [5.74, 6) is 0. The van der Waals surface area contributed by atoms with Crippen molar-refractivity contribution < 1.29 is 30.6 Å². The zero-order valence-electron chi connectivity index (χ0n) is 10.2. The van der Waals surface area contributed by atoms with E-state index in [0.29, 0.717) is 25.7 Å². The van der Waals surface area contributed by atoms with Crippen molar-refractivity contribution in [1.29, 1.82) is 0 Å². The van der Waals surface area contributed by atoms with Gasteiger partial charge in [-0.05, 0) is 32.1 Å². The van der Waals surface area contributed by atoms with Gasteiger partial charge < -0.3 is 30.6 Å². The molecule has 0 fully saturated rings. The van der Waals surface area contributed by atoms with Crippen molar-refractivity contribution in [2.45, 2.75) is 44.3 Å². The molecule has 17 heavy (non-hydrogen) atoms. The minimum atomic E-state index is -0.600. The first-order valence-electron chi connectivity index (χ1n) is 5.91. The zero-order chi connectivity index (χ0) is 13.5. The molecule has 0 aromatic rings. The summed E-state index contributed by atoms with van der Waals surface area (Å²) < 4.78 is 0. The van der Waals surface area contributed by atoms with Crippen molar-refractivity contribution in [2.24, 2.45) is 0 Å². The van der Waals surface area contributed by atoms with E-state index in [9.17, 15) is 0 Å². The van der Waals surface area contributed by atoms with E-state index in [0.717, 1.165) is 6.42 Å². The Bertz CT molecular complexity index is 127. The van der Waals surface area contributed by atoms with Gasteiger partial charge in [-0.15, -0.1) is 0 Å². The molecule has 0 aromatic carbocycles. The Morgan fingerprint density at radius 1 is 0.588 bits per heavy atom. The number of hydrogen-bond acceptors (Lipinski definition) is 6. The van der Waals surface area contributed by atoms with Gasteiger partial charge in [-0.3, -0.25) is 0 Å². The molecule has 1 unspecified atom stereocenters. The normalized spacial score (nSPS) is 12.2. The zero-order valence-corrected chi connectivity index (χ0v) is 10.2. The topological polar surface area (TPSA) is 121 Å². The highest BCUT2D eigenvalue weighted by atomic mass is 16.3. The van der Waals surface area contributed by atoms with E-state index >= 15 is 0 Å². The van der Waals surface area contributed by atoms with E-state index in [1.807, 2.05) is 0 Å². The van der Waals surface area contributed by atoms with Crippen LogP contribution in [0.2, 0.25) is 0 Å². The van der Waals surface area contributed by atoms with E-state index in [-0.39, 0.29) is 26.4 Å². The monoisotopic (exact) mass is 254 g/mol. The molecule has 6 N–H and O–H groups in total. The first-order chi connectivity index (χ1) is 8.12. The van der Waals surface area contributed by atoms with E-state index in [4.69, 9.17) is 30.6 Å². The van der Waals surface area contributed by atoms with Crippen LogP contribution in [0.3, 0.4) is 0 Å². The van der Waals surface area contributed by atoms with Crippen molar-refractivity contribution in [2.75, 3.05) is 26.4 Å². The number of rotatable bonds is 9. The van der Waals surface area contributed by atoms with Crippen molar-refractivity contribution in [1.82, 2.24) is 0 Å². The molecular formula is C11H26O6. The largest absolute Gasteiger partial charge is 0.396 e. The molecule has 0 saturated heterocycles. The predicted molar refractivity (Wildman–Crippen MR) is 63.4 cm³/mol. The molecule has 0 heterocycles. The molecule has 0 aliphatic rings. The summed E-state index contributed by atoms with van der Waals surface area (Å²) in [7, 11) is 0. The Labute approximate surface area is 102 Å². The standard InChI is InChI=1S/C6H14O3.C5H12O3/c7-4-2-1-3-6(9)5-8;6-3-1-5(8)2-4-7/h6-9H,1-5H2;5-8H,1-4H2. The second-order valence-electron chi connectivity index (χ2n) is 3.73. The van der Waals surface area contributed by atoms with Crippen molar-refractivity contribution >= 4 is 0 Å². The minimum Gasteiger partial charge on any atom is -0.396 e. The lowest BCUT2D eigenvalue weighted by Gasteiger charge is -2.03. The van der Waals surface area contributed by atoms with Crippen LogP contribution in [-0.4, -0.2) is 69.3 Å². The maximum Gasteiger partial charge on any atom is 0.0771 e. The second-order valence-corrected chi connectivity index (χ2v) is 3.73. The third kappa shape index (κ3) is 18.3. The van der Waals surface area contributed by atoms with E-state index in [1.165, 1.54) is 0 Å². The van der Waals surface area contributed by atoms with Crippen LogP contribution >= 0.6 is 0 Å². The average molecular weight is 254 g/mol. The summed E-state index contributed by atoms with van der Waals surface area (Å²) in [6, 6.07) is 0. The van der Waals surface area contributed by atoms with Gasteiger partial charge in [0.15, 0.2) is 0 Å². The summed E-state index contributed by atoms with van der Waals surface area (Å²) in [5, 5.41) is 50.6. The Morgan fingerprint density at radius 2 is 1.12 bits per heavy atom.